The minimum absolute atomic E-state index is 0.0184. The first-order chi connectivity index (χ1) is 43.7. The Morgan fingerprint density at radius 3 is 1.62 bits per heavy atom. The highest BCUT2D eigenvalue weighted by Crippen LogP contribution is 2.20. The Labute approximate surface area is 537 Å². The highest BCUT2D eigenvalue weighted by molar-refractivity contribution is 5.99. The molecule has 35 heteroatoms. The fraction of sp³-hybridized carbons (Fsp3) is 0.638. The zero-order valence-corrected chi connectivity index (χ0v) is 53.4. The summed E-state index contributed by atoms with van der Waals surface area (Å²) in [6.07, 6.45) is -0.956. The number of benzene rings is 1. The molecule has 520 valence electrons. The monoisotopic (exact) mass is 1320 g/mol. The van der Waals surface area contributed by atoms with E-state index in [4.69, 9.17) is 22.9 Å². The Morgan fingerprint density at radius 1 is 0.591 bits per heavy atom. The van der Waals surface area contributed by atoms with Gasteiger partial charge < -0.3 is 107 Å². The second kappa shape index (κ2) is 39.9. The van der Waals surface area contributed by atoms with Gasteiger partial charge in [-0.2, -0.15) is 0 Å². The van der Waals surface area contributed by atoms with Crippen LogP contribution in [0.15, 0.2) is 29.3 Å². The lowest BCUT2D eigenvalue weighted by Gasteiger charge is -2.30. The SMILES string of the molecule is CC[C@H](C)[C@H](NC(=O)[C@H](CCCN=C(N)N)NC(=O)[C@@H](NC(=O)[C@H](CO)NC(=O)[C@H](CCC(=O)O)NC(=O)[C@@H](N)Cc1ccc(O)cc1)[C@@H](C)CC)C(=O)NCC(=O)N[C@H](C(=O)N[C@@H](C)C(=O)N1CCC[C@H]1C(=O)N[C@@H](CO)C(=O)N[C@@H](CCC(N)=O)C(=O)O)C(C)C. The number of carboxylic acids is 2. The van der Waals surface area contributed by atoms with Crippen LogP contribution in [0.25, 0.3) is 0 Å². The number of carbonyl (C=O) groups excluding carboxylic acids is 12. The maximum absolute atomic E-state index is 14.3. The zero-order valence-electron chi connectivity index (χ0n) is 53.4. The number of hydrogen-bond donors (Lipinski definition) is 19. The predicted molar refractivity (Wildman–Crippen MR) is 331 cm³/mol. The summed E-state index contributed by atoms with van der Waals surface area (Å²) in [7, 11) is 0. The number of aromatic hydroxyl groups is 1. The fourth-order valence-corrected chi connectivity index (χ4v) is 9.44. The molecule has 13 atom stereocenters. The van der Waals surface area contributed by atoms with Crippen molar-refractivity contribution in [3.63, 3.8) is 0 Å². The van der Waals surface area contributed by atoms with E-state index in [-0.39, 0.29) is 69.7 Å². The number of carboxylic acid groups (broad SMARTS) is 2. The standard InChI is InChI=1S/C58H94N16O19/c1-8-29(5)45(53(88)64-25-42(79)71-44(28(3)4)54(89)65-31(7)56(91)74-23-11-13-40(74)52(87)70-38(26-75)50(85)68-37(57(92)93)18-20-41(60)78)72-49(84)35(12-10-22-63-58(61)62)67-55(90)46(30(6)9-2)73-51(86)39(27-76)69-48(83)36(19-21-43(80)81)66-47(82)34(59)24-32-14-16-33(77)17-15-32/h14-17,28-31,34-40,44-46,75-77H,8-13,18-27,59H2,1-7H3,(H2,60,78)(H,64,88)(H,65,89)(H,66,82)(H,67,90)(H,68,85)(H,69,83)(H,70,87)(H,71,79)(H,72,84)(H,73,86)(H,80,81)(H,92,93)(H4,61,62,63)/t29-,30-,31-,34-,35-,36-,37-,38-,39-,40-,44-,45-,46-/m0/s1. The Balaban J connectivity index is 2.24. The summed E-state index contributed by atoms with van der Waals surface area (Å²) in [5.41, 5.74) is 22.7. The van der Waals surface area contributed by atoms with Gasteiger partial charge in [-0.3, -0.25) is 67.3 Å². The van der Waals surface area contributed by atoms with Gasteiger partial charge in [-0.25, -0.2) is 4.79 Å². The molecule has 0 aliphatic carbocycles. The smallest absolute Gasteiger partial charge is 0.326 e. The van der Waals surface area contributed by atoms with E-state index >= 15 is 0 Å². The van der Waals surface area contributed by atoms with Crippen LogP contribution in [-0.4, -0.2) is 219 Å². The van der Waals surface area contributed by atoms with Gasteiger partial charge in [-0.1, -0.05) is 66.5 Å². The number of nitrogens with one attached hydrogen (secondary N) is 10. The third-order valence-corrected chi connectivity index (χ3v) is 15.4. The average Bonchev–Trinajstić information content (AvgIpc) is 1.81. The number of guanidine groups is 1. The van der Waals surface area contributed by atoms with Crippen molar-refractivity contribution in [1.29, 1.82) is 0 Å². The molecule has 1 aliphatic rings. The van der Waals surface area contributed by atoms with E-state index in [0.717, 1.165) is 4.90 Å². The maximum atomic E-state index is 14.3. The minimum atomic E-state index is -1.78. The van der Waals surface area contributed by atoms with E-state index in [1.165, 1.54) is 31.2 Å². The molecule has 2 rings (SSSR count). The third kappa shape index (κ3) is 27.2. The molecule has 0 unspecified atom stereocenters. The summed E-state index contributed by atoms with van der Waals surface area (Å²) >= 11 is 0. The van der Waals surface area contributed by atoms with Crippen molar-refractivity contribution in [2.75, 3.05) is 32.8 Å². The van der Waals surface area contributed by atoms with E-state index in [1.54, 1.807) is 41.5 Å². The highest BCUT2D eigenvalue weighted by Gasteiger charge is 2.40. The number of rotatable bonds is 41. The highest BCUT2D eigenvalue weighted by atomic mass is 16.4. The van der Waals surface area contributed by atoms with E-state index in [1.807, 2.05) is 0 Å². The van der Waals surface area contributed by atoms with Crippen LogP contribution >= 0.6 is 0 Å². The molecule has 12 amide bonds. The lowest BCUT2D eigenvalue weighted by molar-refractivity contribution is -0.144. The zero-order chi connectivity index (χ0) is 70.4. The number of phenols is 1. The molecular formula is C58H94N16O19. The second-order valence-corrected chi connectivity index (χ2v) is 23.0. The van der Waals surface area contributed by atoms with E-state index in [2.05, 4.69) is 58.2 Å². The van der Waals surface area contributed by atoms with Crippen LogP contribution < -0.4 is 76.1 Å². The molecule has 35 nitrogen and oxygen atoms in total. The number of nitrogens with zero attached hydrogens (tertiary/aromatic N) is 2. The van der Waals surface area contributed by atoms with Crippen molar-refractivity contribution < 1.29 is 92.7 Å². The lowest BCUT2D eigenvalue weighted by atomic mass is 9.96. The molecule has 1 aromatic carbocycles. The first-order valence-electron chi connectivity index (χ1n) is 30.5. The summed E-state index contributed by atoms with van der Waals surface area (Å²) in [6.45, 7) is 8.39. The molecule has 1 aliphatic heterocycles. The van der Waals surface area contributed by atoms with Gasteiger partial charge in [0.25, 0.3) is 0 Å². The number of likely N-dealkylation sites (tertiary alicyclic amines) is 1. The molecule has 0 radical (unpaired) electrons. The van der Waals surface area contributed by atoms with Gasteiger partial charge in [0.05, 0.1) is 25.8 Å². The number of aliphatic imine (C=N–C) groups is 1. The van der Waals surface area contributed by atoms with Crippen LogP contribution in [0, 0.1) is 17.8 Å². The van der Waals surface area contributed by atoms with Crippen LogP contribution in [0.1, 0.15) is 118 Å². The molecule has 0 aromatic heterocycles. The number of primary amides is 1. The number of carbonyl (C=O) groups is 14. The number of hydrogen-bond acceptors (Lipinski definition) is 19. The Kier molecular flexibility index (Phi) is 34.2. The summed E-state index contributed by atoms with van der Waals surface area (Å²) in [5.74, 6) is -16.0. The number of phenolic OH excluding ortho intramolecular Hbond substituents is 1. The summed E-state index contributed by atoms with van der Waals surface area (Å²) < 4.78 is 0. The van der Waals surface area contributed by atoms with Crippen LogP contribution in [0.3, 0.4) is 0 Å². The molecular weight excluding hydrogens is 1220 g/mol. The largest absolute Gasteiger partial charge is 0.508 e. The average molecular weight is 1320 g/mol. The van der Waals surface area contributed by atoms with E-state index < -0.39 is 200 Å². The van der Waals surface area contributed by atoms with Crippen molar-refractivity contribution >= 4 is 88.8 Å². The first-order valence-corrected chi connectivity index (χ1v) is 30.5. The molecule has 0 bridgehead atoms. The van der Waals surface area contributed by atoms with Gasteiger partial charge in [-0.05, 0) is 87.3 Å². The van der Waals surface area contributed by atoms with Crippen LogP contribution in [0.5, 0.6) is 5.75 Å². The van der Waals surface area contributed by atoms with Crippen molar-refractivity contribution in [3.8, 4) is 5.75 Å². The molecule has 93 heavy (non-hydrogen) atoms. The third-order valence-electron chi connectivity index (χ3n) is 15.4. The molecule has 1 saturated heterocycles. The number of aliphatic hydroxyl groups is 2. The number of nitrogens with two attached hydrogens (primary N) is 4. The van der Waals surface area contributed by atoms with Crippen molar-refractivity contribution in [1.82, 2.24) is 58.1 Å². The summed E-state index contributed by atoms with van der Waals surface area (Å²) in [6, 6.07) is -10.1. The topological polar surface area (TPSA) is 580 Å². The molecule has 0 spiro atoms. The van der Waals surface area contributed by atoms with Crippen molar-refractivity contribution in [2.24, 2.45) is 45.7 Å². The second-order valence-electron chi connectivity index (χ2n) is 23.0. The lowest BCUT2D eigenvalue weighted by Crippen LogP contribution is -2.61. The fourth-order valence-electron chi connectivity index (χ4n) is 9.44. The first kappa shape index (κ1) is 79.8. The maximum Gasteiger partial charge on any atom is 0.326 e. The quantitative estimate of drug-likeness (QED) is 0.0165. The normalized spacial score (nSPS) is 16.6. The summed E-state index contributed by atoms with van der Waals surface area (Å²) in [4.78, 5) is 190. The van der Waals surface area contributed by atoms with E-state index in [9.17, 15) is 92.7 Å². The minimum Gasteiger partial charge on any atom is -0.508 e. The molecule has 1 heterocycles. The number of amides is 12. The number of aliphatic carboxylic acids is 2. The van der Waals surface area contributed by atoms with Gasteiger partial charge >= 0.3 is 11.9 Å². The van der Waals surface area contributed by atoms with Gasteiger partial charge in [0.15, 0.2) is 5.96 Å². The van der Waals surface area contributed by atoms with Crippen LogP contribution in [0.2, 0.25) is 0 Å². The van der Waals surface area contributed by atoms with Crippen LogP contribution in [-0.2, 0) is 73.5 Å². The molecule has 0 saturated carbocycles. The van der Waals surface area contributed by atoms with Gasteiger partial charge in [0.1, 0.15) is 66.2 Å². The van der Waals surface area contributed by atoms with E-state index in [0.29, 0.717) is 18.4 Å². The van der Waals surface area contributed by atoms with Gasteiger partial charge in [-0.15, -0.1) is 0 Å². The van der Waals surface area contributed by atoms with Gasteiger partial charge in [0, 0.05) is 25.9 Å². The number of aliphatic hydroxyl groups excluding tert-OH is 2. The summed E-state index contributed by atoms with van der Waals surface area (Å²) in [5, 5.41) is 73.1. The Morgan fingerprint density at radius 2 is 1.09 bits per heavy atom. The van der Waals surface area contributed by atoms with Crippen LogP contribution in [0.4, 0.5) is 0 Å². The molecule has 1 fully saturated rings. The van der Waals surface area contributed by atoms with Crippen molar-refractivity contribution in [2.45, 2.75) is 186 Å². The Bertz CT molecular complexity index is 2800. The predicted octanol–water partition coefficient (Wildman–Crippen LogP) is -6.25. The van der Waals surface area contributed by atoms with Crippen molar-refractivity contribution in [3.05, 3.63) is 29.8 Å². The Hall–Kier alpha value is -9.25. The van der Waals surface area contributed by atoms with Gasteiger partial charge in [0.2, 0.25) is 70.9 Å². The molecule has 23 N–H and O–H groups in total. The molecule has 1 aromatic rings.